The lowest BCUT2D eigenvalue weighted by atomic mass is 10.2. The molecule has 0 radical (unpaired) electrons. The van der Waals surface area contributed by atoms with E-state index < -0.39 is 11.9 Å². The van der Waals surface area contributed by atoms with E-state index in [0.29, 0.717) is 0 Å². The molecule has 11 heavy (non-hydrogen) atoms. The molecule has 1 aliphatic heterocycles. The molecule has 0 aromatic heterocycles. The van der Waals surface area contributed by atoms with Crippen LogP contribution in [0.5, 0.6) is 0 Å². The number of hydrogen-bond donors (Lipinski definition) is 2. The first-order chi connectivity index (χ1) is 5.34. The van der Waals surface area contributed by atoms with Crippen LogP contribution in [0.1, 0.15) is 0 Å². The Kier molecular flexibility index (Phi) is 2.37. The van der Waals surface area contributed by atoms with Gasteiger partial charge < -0.3 is 5.32 Å². The van der Waals surface area contributed by atoms with Crippen molar-refractivity contribution in [2.45, 2.75) is 6.04 Å². The molecule has 0 bridgehead atoms. The summed E-state index contributed by atoms with van der Waals surface area (Å²) in [5, 5.41) is 4.99. The number of hydrogen-bond acceptors (Lipinski definition) is 4. The van der Waals surface area contributed by atoms with Crippen LogP contribution in [0, 0.1) is 4.91 Å². The molecule has 0 aliphatic carbocycles. The van der Waals surface area contributed by atoms with Gasteiger partial charge in [0.2, 0.25) is 0 Å². The van der Waals surface area contributed by atoms with E-state index >= 15 is 0 Å². The Hall–Kier alpha value is -1.65. The molecule has 1 unspecified atom stereocenters. The zero-order chi connectivity index (χ0) is 8.10. The minimum absolute atomic E-state index is 0.458. The third-order valence-corrected chi connectivity index (χ3v) is 1.22. The molecule has 1 rings (SSSR count). The Balaban J connectivity index is 2.48. The SMILES string of the molecule is O=NNC(=O)C1C=CC=CN1. The van der Waals surface area contributed by atoms with Crippen LogP contribution in [0.4, 0.5) is 0 Å². The minimum Gasteiger partial charge on any atom is -0.376 e. The van der Waals surface area contributed by atoms with Crippen molar-refractivity contribution in [1.82, 2.24) is 10.7 Å². The van der Waals surface area contributed by atoms with Gasteiger partial charge in [-0.3, -0.25) is 4.79 Å². The van der Waals surface area contributed by atoms with Gasteiger partial charge in [-0.2, -0.15) is 0 Å². The van der Waals surface area contributed by atoms with Crippen molar-refractivity contribution in [2.24, 2.45) is 5.29 Å². The molecule has 2 N–H and O–H groups in total. The molecule has 1 atom stereocenters. The molecule has 0 fully saturated rings. The molecule has 0 saturated carbocycles. The average molecular weight is 153 g/mol. The number of allylic oxidation sites excluding steroid dienone is 2. The van der Waals surface area contributed by atoms with Crippen molar-refractivity contribution in [2.75, 3.05) is 0 Å². The maximum atomic E-state index is 10.8. The smallest absolute Gasteiger partial charge is 0.269 e. The van der Waals surface area contributed by atoms with Crippen molar-refractivity contribution in [3.8, 4) is 0 Å². The number of nitrogens with zero attached hydrogens (tertiary/aromatic N) is 1. The Bertz CT molecular complexity index is 222. The number of carbonyl (C=O) groups is 1. The third-order valence-electron chi connectivity index (χ3n) is 1.22. The van der Waals surface area contributed by atoms with Crippen LogP contribution in [0.25, 0.3) is 0 Å². The lowest BCUT2D eigenvalue weighted by Gasteiger charge is -2.11. The summed E-state index contributed by atoms with van der Waals surface area (Å²) < 4.78 is 0. The summed E-state index contributed by atoms with van der Waals surface area (Å²) >= 11 is 0. The van der Waals surface area contributed by atoms with Gasteiger partial charge >= 0.3 is 0 Å². The zero-order valence-electron chi connectivity index (χ0n) is 5.65. The molecular formula is C6H7N3O2. The Labute approximate surface area is 63.1 Å². The van der Waals surface area contributed by atoms with Crippen molar-refractivity contribution in [1.29, 1.82) is 0 Å². The molecule has 0 aromatic carbocycles. The summed E-state index contributed by atoms with van der Waals surface area (Å²) in [6.45, 7) is 0. The summed E-state index contributed by atoms with van der Waals surface area (Å²) in [6.07, 6.45) is 6.71. The Morgan fingerprint density at radius 3 is 2.91 bits per heavy atom. The van der Waals surface area contributed by atoms with Crippen LogP contribution in [0.3, 0.4) is 0 Å². The lowest BCUT2D eigenvalue weighted by molar-refractivity contribution is -0.121. The highest BCUT2D eigenvalue weighted by atomic mass is 16.3. The minimum atomic E-state index is -0.488. The number of carbonyl (C=O) groups excluding carboxylic acids is 1. The van der Waals surface area contributed by atoms with E-state index in [1.807, 2.05) is 0 Å². The highest BCUT2D eigenvalue weighted by Crippen LogP contribution is 1.93. The summed E-state index contributed by atoms with van der Waals surface area (Å²) in [7, 11) is 0. The van der Waals surface area contributed by atoms with Crippen molar-refractivity contribution < 1.29 is 4.79 Å². The fourth-order valence-electron chi connectivity index (χ4n) is 0.723. The fourth-order valence-corrected chi connectivity index (χ4v) is 0.723. The summed E-state index contributed by atoms with van der Waals surface area (Å²) in [6, 6.07) is -0.488. The van der Waals surface area contributed by atoms with E-state index in [1.165, 1.54) is 0 Å². The van der Waals surface area contributed by atoms with Crippen molar-refractivity contribution in [3.05, 3.63) is 29.3 Å². The lowest BCUT2D eigenvalue weighted by Crippen LogP contribution is -2.39. The number of amides is 1. The van der Waals surface area contributed by atoms with E-state index in [1.54, 1.807) is 29.9 Å². The Morgan fingerprint density at radius 1 is 1.55 bits per heavy atom. The van der Waals surface area contributed by atoms with Gasteiger partial charge in [-0.1, -0.05) is 12.2 Å². The van der Waals surface area contributed by atoms with Crippen molar-refractivity contribution >= 4 is 5.91 Å². The van der Waals surface area contributed by atoms with Crippen LogP contribution in [-0.2, 0) is 4.79 Å². The number of dihydropyridines is 1. The number of rotatable bonds is 2. The summed E-state index contributed by atoms with van der Waals surface area (Å²) in [5.41, 5.74) is 1.80. The second-order valence-electron chi connectivity index (χ2n) is 1.96. The first-order valence-electron chi connectivity index (χ1n) is 3.06. The maximum absolute atomic E-state index is 10.8. The predicted molar refractivity (Wildman–Crippen MR) is 39.1 cm³/mol. The highest BCUT2D eigenvalue weighted by Gasteiger charge is 2.13. The molecule has 1 heterocycles. The molecule has 0 saturated heterocycles. The molecule has 1 aliphatic rings. The largest absolute Gasteiger partial charge is 0.376 e. The van der Waals surface area contributed by atoms with Crippen LogP contribution in [0.2, 0.25) is 0 Å². The van der Waals surface area contributed by atoms with Gasteiger partial charge in [0.05, 0.1) is 5.29 Å². The second-order valence-corrected chi connectivity index (χ2v) is 1.96. The average Bonchev–Trinajstić information content (AvgIpc) is 2.07. The quantitative estimate of drug-likeness (QED) is 0.427. The zero-order valence-corrected chi connectivity index (χ0v) is 5.65. The molecule has 58 valence electrons. The molecular weight excluding hydrogens is 146 g/mol. The fraction of sp³-hybridized carbons (Fsp3) is 0.167. The van der Waals surface area contributed by atoms with Crippen LogP contribution in [0.15, 0.2) is 29.7 Å². The van der Waals surface area contributed by atoms with Gasteiger partial charge in [0.1, 0.15) is 6.04 Å². The van der Waals surface area contributed by atoms with Gasteiger partial charge in [0.25, 0.3) is 5.91 Å². The van der Waals surface area contributed by atoms with E-state index in [2.05, 4.69) is 10.6 Å². The second kappa shape index (κ2) is 3.50. The van der Waals surface area contributed by atoms with Gasteiger partial charge in [-0.25, -0.2) is 5.43 Å². The van der Waals surface area contributed by atoms with Crippen molar-refractivity contribution in [3.63, 3.8) is 0 Å². The Morgan fingerprint density at radius 2 is 2.36 bits per heavy atom. The maximum Gasteiger partial charge on any atom is 0.269 e. The molecule has 5 heteroatoms. The molecule has 1 amide bonds. The first kappa shape index (κ1) is 7.46. The van der Waals surface area contributed by atoms with E-state index in [9.17, 15) is 9.70 Å². The van der Waals surface area contributed by atoms with Gasteiger partial charge in [-0.05, 0) is 12.3 Å². The molecule has 0 spiro atoms. The number of nitrogens with one attached hydrogen (secondary N) is 2. The van der Waals surface area contributed by atoms with Crippen LogP contribution < -0.4 is 10.7 Å². The van der Waals surface area contributed by atoms with Gasteiger partial charge in [0.15, 0.2) is 0 Å². The standard InChI is InChI=1S/C6H7N3O2/c10-6(8-9-11)5-3-1-2-4-7-5/h1-5,7H,(H,8,10,11). The van der Waals surface area contributed by atoms with Gasteiger partial charge in [0, 0.05) is 0 Å². The summed E-state index contributed by atoms with van der Waals surface area (Å²) in [4.78, 5) is 20.5. The van der Waals surface area contributed by atoms with E-state index in [0.717, 1.165) is 0 Å². The molecule has 5 nitrogen and oxygen atoms in total. The van der Waals surface area contributed by atoms with E-state index in [4.69, 9.17) is 0 Å². The predicted octanol–water partition coefficient (Wildman–Crippen LogP) is -0.174. The highest BCUT2D eigenvalue weighted by molar-refractivity contribution is 5.83. The van der Waals surface area contributed by atoms with Crippen LogP contribution in [-0.4, -0.2) is 11.9 Å². The van der Waals surface area contributed by atoms with Gasteiger partial charge in [-0.15, -0.1) is 4.91 Å². The first-order valence-corrected chi connectivity index (χ1v) is 3.06. The number of nitroso groups, excluding NO2 is 1. The third kappa shape index (κ3) is 1.89. The summed E-state index contributed by atoms with van der Waals surface area (Å²) in [5.74, 6) is -0.458. The van der Waals surface area contributed by atoms with E-state index in [-0.39, 0.29) is 0 Å². The normalized spacial score (nSPS) is 20.5. The topological polar surface area (TPSA) is 70.6 Å². The van der Waals surface area contributed by atoms with Crippen LogP contribution >= 0.6 is 0 Å². The monoisotopic (exact) mass is 153 g/mol. The molecule has 0 aromatic rings.